The van der Waals surface area contributed by atoms with Crippen LogP contribution in [0.1, 0.15) is 61.4 Å². The molecule has 3 atom stereocenters. The second-order valence-corrected chi connectivity index (χ2v) is 9.82. The van der Waals surface area contributed by atoms with Crippen molar-refractivity contribution in [3.05, 3.63) is 58.4 Å². The molecule has 1 aliphatic carbocycles. The van der Waals surface area contributed by atoms with E-state index in [1.54, 1.807) is 0 Å². The molecule has 38 heavy (non-hydrogen) atoms. The Balaban J connectivity index is 1.62. The average molecular weight is 553 g/mol. The maximum absolute atomic E-state index is 14.4. The summed E-state index contributed by atoms with van der Waals surface area (Å²) in [5, 5.41) is 9.33. The highest BCUT2D eigenvalue weighted by Gasteiger charge is 2.45. The summed E-state index contributed by atoms with van der Waals surface area (Å²) in [6.07, 6.45) is -0.505. The fraction of sp³-hybridized carbons (Fsp3) is 0.423. The van der Waals surface area contributed by atoms with Gasteiger partial charge in [-0.15, -0.1) is 0 Å². The first kappa shape index (κ1) is 27.7. The number of carbonyl (C=O) groups is 1. The Kier molecular flexibility index (Phi) is 8.47. The minimum atomic E-state index is -4.78. The number of aromatic nitrogens is 2. The third kappa shape index (κ3) is 6.76. The van der Waals surface area contributed by atoms with Crippen LogP contribution in [-0.2, 0) is 9.53 Å². The van der Waals surface area contributed by atoms with Gasteiger partial charge in [-0.25, -0.2) is 4.98 Å². The largest absolute Gasteiger partial charge is 0.501 e. The molecule has 4 rings (SSSR count). The van der Waals surface area contributed by atoms with Crippen molar-refractivity contribution in [2.75, 3.05) is 12.3 Å². The number of rotatable bonds is 8. The SMILES string of the molecule is Nc1nc(OC(c2ccc(Cl)cc2C2=COCCC2)C(F)(F)F)cc(C2=CCC(CC(N)C(=O)O)CC2)n1. The molecule has 2 aliphatic rings. The lowest BCUT2D eigenvalue weighted by molar-refractivity contribution is -0.198. The molecule has 1 aromatic heterocycles. The smallest absolute Gasteiger partial charge is 0.429 e. The normalized spacial score (nSPS) is 19.6. The fourth-order valence-corrected chi connectivity index (χ4v) is 4.86. The molecular formula is C26H28ClF3N4O4. The zero-order valence-electron chi connectivity index (χ0n) is 20.4. The Morgan fingerprint density at radius 2 is 2.03 bits per heavy atom. The highest BCUT2D eigenvalue weighted by Crippen LogP contribution is 2.42. The summed E-state index contributed by atoms with van der Waals surface area (Å²) in [5.74, 6) is -1.52. The number of halogens is 4. The van der Waals surface area contributed by atoms with E-state index >= 15 is 0 Å². The predicted octanol–water partition coefficient (Wildman–Crippen LogP) is 5.53. The number of carboxylic acid groups (broad SMARTS) is 1. The van der Waals surface area contributed by atoms with E-state index in [0.717, 1.165) is 5.57 Å². The number of nitrogens with two attached hydrogens (primary N) is 2. The molecule has 5 N–H and O–H groups in total. The van der Waals surface area contributed by atoms with Crippen molar-refractivity contribution < 1.29 is 32.5 Å². The first-order valence-corrected chi connectivity index (χ1v) is 12.5. The molecule has 12 heteroatoms. The van der Waals surface area contributed by atoms with Gasteiger partial charge in [-0.3, -0.25) is 4.79 Å². The lowest BCUT2D eigenvalue weighted by Crippen LogP contribution is -2.32. The van der Waals surface area contributed by atoms with Gasteiger partial charge in [0.25, 0.3) is 0 Å². The second-order valence-electron chi connectivity index (χ2n) is 9.39. The van der Waals surface area contributed by atoms with Gasteiger partial charge in [0, 0.05) is 16.7 Å². The van der Waals surface area contributed by atoms with Gasteiger partial charge in [0.15, 0.2) is 0 Å². The Bertz CT molecular complexity index is 1250. The van der Waals surface area contributed by atoms with Crippen molar-refractivity contribution in [1.82, 2.24) is 9.97 Å². The van der Waals surface area contributed by atoms with E-state index < -0.39 is 24.3 Å². The molecule has 2 heterocycles. The molecule has 0 bridgehead atoms. The van der Waals surface area contributed by atoms with Gasteiger partial charge in [0.2, 0.25) is 17.9 Å². The summed E-state index contributed by atoms with van der Waals surface area (Å²) in [7, 11) is 0. The molecular weight excluding hydrogens is 525 g/mol. The van der Waals surface area contributed by atoms with Crippen LogP contribution in [0.3, 0.4) is 0 Å². The zero-order chi connectivity index (χ0) is 27.4. The summed E-state index contributed by atoms with van der Waals surface area (Å²) in [6, 6.07) is 4.54. The Hall–Kier alpha value is -3.31. The molecule has 0 spiro atoms. The molecule has 204 valence electrons. The number of hydrogen-bond acceptors (Lipinski definition) is 7. The van der Waals surface area contributed by atoms with Crippen molar-refractivity contribution in [3.8, 4) is 5.88 Å². The average Bonchev–Trinajstić information content (AvgIpc) is 2.87. The number of carboxylic acids is 1. The minimum absolute atomic E-state index is 0.0794. The number of allylic oxidation sites excluding steroid dienone is 3. The van der Waals surface area contributed by atoms with Crippen LogP contribution in [0.2, 0.25) is 5.02 Å². The van der Waals surface area contributed by atoms with E-state index in [1.165, 1.54) is 30.5 Å². The molecule has 0 fully saturated rings. The Morgan fingerprint density at radius 1 is 1.24 bits per heavy atom. The number of alkyl halides is 3. The number of aliphatic carboxylic acids is 1. The summed E-state index contributed by atoms with van der Waals surface area (Å²) in [6.45, 7) is 0.491. The van der Waals surface area contributed by atoms with Crippen molar-refractivity contribution >= 4 is 34.7 Å². The summed E-state index contributed by atoms with van der Waals surface area (Å²) in [5.41, 5.74) is 13.4. The van der Waals surface area contributed by atoms with Crippen LogP contribution in [0.15, 0.2) is 36.6 Å². The summed E-state index contributed by atoms with van der Waals surface area (Å²) >= 11 is 6.13. The first-order valence-electron chi connectivity index (χ1n) is 12.2. The monoisotopic (exact) mass is 552 g/mol. The number of nitrogens with zero attached hydrogens (tertiary/aromatic N) is 2. The second kappa shape index (κ2) is 11.6. The van der Waals surface area contributed by atoms with Crippen LogP contribution in [-0.4, -0.2) is 39.9 Å². The highest BCUT2D eigenvalue weighted by atomic mass is 35.5. The standard InChI is InChI=1S/C26H28ClF3N4O4/c27-17-7-8-18(19(11-17)16-2-1-9-37-13-16)23(26(28,29)30)38-22-12-21(33-25(32)34-22)15-5-3-14(4-6-15)10-20(31)24(35)36/h5,7-8,11-14,20,23H,1-4,6,9-10,31H2,(H,35,36)(H2,32,33,34). The van der Waals surface area contributed by atoms with Gasteiger partial charge in [0.1, 0.15) is 6.04 Å². The third-order valence-corrected chi connectivity index (χ3v) is 6.82. The van der Waals surface area contributed by atoms with E-state index in [2.05, 4.69) is 9.97 Å². The molecule has 2 aromatic rings. The Labute approximate surface area is 222 Å². The molecule has 0 radical (unpaired) electrons. The van der Waals surface area contributed by atoms with E-state index in [-0.39, 0.29) is 28.3 Å². The van der Waals surface area contributed by atoms with E-state index in [1.807, 2.05) is 6.08 Å². The molecule has 0 saturated heterocycles. The van der Waals surface area contributed by atoms with Crippen molar-refractivity contribution in [2.45, 2.75) is 56.8 Å². The molecule has 3 unspecified atom stereocenters. The minimum Gasteiger partial charge on any atom is -0.501 e. The van der Waals surface area contributed by atoms with Gasteiger partial charge in [-0.05, 0) is 73.3 Å². The number of benzene rings is 1. The van der Waals surface area contributed by atoms with Crippen LogP contribution < -0.4 is 16.2 Å². The maximum Gasteiger partial charge on any atom is 0.429 e. The predicted molar refractivity (Wildman–Crippen MR) is 136 cm³/mol. The van der Waals surface area contributed by atoms with Crippen LogP contribution in [0.4, 0.5) is 19.1 Å². The third-order valence-electron chi connectivity index (χ3n) is 6.59. The number of anilines is 1. The van der Waals surface area contributed by atoms with Crippen LogP contribution >= 0.6 is 11.6 Å². The van der Waals surface area contributed by atoms with Crippen LogP contribution in [0, 0.1) is 5.92 Å². The molecule has 0 amide bonds. The highest BCUT2D eigenvalue weighted by molar-refractivity contribution is 6.30. The topological polar surface area (TPSA) is 134 Å². The zero-order valence-corrected chi connectivity index (χ0v) is 21.1. The molecule has 1 aliphatic heterocycles. The number of nitrogen functional groups attached to an aromatic ring is 1. The van der Waals surface area contributed by atoms with Crippen LogP contribution in [0.25, 0.3) is 11.1 Å². The Morgan fingerprint density at radius 3 is 2.66 bits per heavy atom. The van der Waals surface area contributed by atoms with Gasteiger partial charge in [0.05, 0.1) is 18.6 Å². The van der Waals surface area contributed by atoms with Crippen molar-refractivity contribution in [2.24, 2.45) is 11.7 Å². The van der Waals surface area contributed by atoms with Gasteiger partial charge in [-0.2, -0.15) is 18.2 Å². The van der Waals surface area contributed by atoms with Crippen molar-refractivity contribution in [1.29, 1.82) is 0 Å². The molecule has 0 saturated carbocycles. The lowest BCUT2D eigenvalue weighted by atomic mass is 9.84. The fourth-order valence-electron chi connectivity index (χ4n) is 4.69. The summed E-state index contributed by atoms with van der Waals surface area (Å²) < 4.78 is 53.9. The molecule has 8 nitrogen and oxygen atoms in total. The van der Waals surface area contributed by atoms with Gasteiger partial charge < -0.3 is 26.0 Å². The molecule has 1 aromatic carbocycles. The van der Waals surface area contributed by atoms with Crippen molar-refractivity contribution in [3.63, 3.8) is 0 Å². The van der Waals surface area contributed by atoms with Crippen LogP contribution in [0.5, 0.6) is 5.88 Å². The van der Waals surface area contributed by atoms with E-state index in [0.29, 0.717) is 62.0 Å². The quantitative estimate of drug-likeness (QED) is 0.389. The van der Waals surface area contributed by atoms with E-state index in [4.69, 9.17) is 37.6 Å². The van der Waals surface area contributed by atoms with Gasteiger partial charge >= 0.3 is 12.1 Å². The van der Waals surface area contributed by atoms with Gasteiger partial charge in [-0.1, -0.05) is 23.7 Å². The number of ether oxygens (including phenoxy) is 2. The number of hydrogen-bond donors (Lipinski definition) is 3. The first-order chi connectivity index (χ1) is 18.0. The maximum atomic E-state index is 14.4. The lowest BCUT2D eigenvalue weighted by Gasteiger charge is -2.26. The van der Waals surface area contributed by atoms with E-state index in [9.17, 15) is 18.0 Å². The summed E-state index contributed by atoms with van der Waals surface area (Å²) in [4.78, 5) is 19.1.